The zero-order valence-corrected chi connectivity index (χ0v) is 16.3. The van der Waals surface area contributed by atoms with Crippen LogP contribution in [0.25, 0.3) is 10.2 Å². The van der Waals surface area contributed by atoms with Gasteiger partial charge in [0.2, 0.25) is 0 Å². The molecule has 2 fully saturated rings. The zero-order chi connectivity index (χ0) is 17.7. The number of rotatable bonds is 3. The summed E-state index contributed by atoms with van der Waals surface area (Å²) in [5.74, 6) is -0.191. The number of aromatic nitrogens is 2. The Labute approximate surface area is 154 Å². The third-order valence-corrected chi connectivity index (χ3v) is 7.54. The van der Waals surface area contributed by atoms with Crippen LogP contribution in [-0.2, 0) is 9.53 Å². The number of thioether (sulfide) groups is 1. The Kier molecular flexibility index (Phi) is 4.40. The largest absolute Gasteiger partial charge is 0.462 e. The Bertz CT molecular complexity index is 896. The van der Waals surface area contributed by atoms with Gasteiger partial charge in [-0.2, -0.15) is 0 Å². The lowest BCUT2D eigenvalue weighted by atomic mass is 10.2. The number of fused-ring (bicyclic) bond motifs is 1. The molecule has 0 bridgehead atoms. The van der Waals surface area contributed by atoms with Gasteiger partial charge in [0.1, 0.15) is 16.2 Å². The molecule has 134 valence electrons. The van der Waals surface area contributed by atoms with Gasteiger partial charge in [-0.3, -0.25) is 14.2 Å². The smallest absolute Gasteiger partial charge is 0.319 e. The van der Waals surface area contributed by atoms with Crippen LogP contribution >= 0.6 is 23.1 Å². The highest BCUT2D eigenvalue weighted by atomic mass is 32.2. The van der Waals surface area contributed by atoms with Gasteiger partial charge in [0.25, 0.3) is 5.56 Å². The molecule has 0 unspecified atom stereocenters. The molecule has 7 heteroatoms. The highest BCUT2D eigenvalue weighted by molar-refractivity contribution is 8.00. The fraction of sp³-hybridized carbons (Fsp3) is 0.611. The molecule has 3 heterocycles. The average Bonchev–Trinajstić information content (AvgIpc) is 3.23. The van der Waals surface area contributed by atoms with Crippen molar-refractivity contribution < 1.29 is 9.53 Å². The molecule has 2 aliphatic rings. The summed E-state index contributed by atoms with van der Waals surface area (Å²) in [4.78, 5) is 32.1. The van der Waals surface area contributed by atoms with Crippen molar-refractivity contribution in [3.8, 4) is 0 Å². The molecule has 0 spiro atoms. The fourth-order valence-electron chi connectivity index (χ4n) is 3.80. The fourth-order valence-corrected chi connectivity index (χ4v) is 6.14. The van der Waals surface area contributed by atoms with Crippen LogP contribution in [0.3, 0.4) is 0 Å². The van der Waals surface area contributed by atoms with E-state index in [-0.39, 0.29) is 28.9 Å². The van der Waals surface area contributed by atoms with E-state index in [1.54, 1.807) is 11.3 Å². The minimum atomic E-state index is -0.269. The first-order valence-corrected chi connectivity index (χ1v) is 10.5. The maximum Gasteiger partial charge on any atom is 0.319 e. The second kappa shape index (κ2) is 6.43. The Hall–Kier alpha value is -1.34. The molecular formula is C18H22N2O3S2. The van der Waals surface area contributed by atoms with Crippen LogP contribution in [0.4, 0.5) is 0 Å². The zero-order valence-electron chi connectivity index (χ0n) is 14.7. The molecule has 1 aliphatic carbocycles. The summed E-state index contributed by atoms with van der Waals surface area (Å²) in [6, 6.07) is 0.196. The summed E-state index contributed by atoms with van der Waals surface area (Å²) in [7, 11) is 0. The van der Waals surface area contributed by atoms with E-state index in [0.717, 1.165) is 46.3 Å². The van der Waals surface area contributed by atoms with Gasteiger partial charge in [0, 0.05) is 17.3 Å². The average molecular weight is 379 g/mol. The van der Waals surface area contributed by atoms with Gasteiger partial charge in [-0.1, -0.05) is 24.6 Å². The van der Waals surface area contributed by atoms with E-state index in [4.69, 9.17) is 9.72 Å². The van der Waals surface area contributed by atoms with E-state index in [1.165, 1.54) is 11.8 Å². The number of esters is 1. The molecule has 1 saturated carbocycles. The van der Waals surface area contributed by atoms with E-state index >= 15 is 0 Å². The number of hydrogen-bond acceptors (Lipinski definition) is 6. The Balaban J connectivity index is 1.85. The quantitative estimate of drug-likeness (QED) is 0.597. The lowest BCUT2D eigenvalue weighted by Gasteiger charge is -2.19. The molecule has 2 atom stereocenters. The molecule has 0 aromatic carbocycles. The SMILES string of the molecule is Cc1sc2nc(S[C@@H]3C[C@@H](C)OC3=O)n(C3CCCC3)c(=O)c2c1C. The molecule has 5 nitrogen and oxygen atoms in total. The predicted octanol–water partition coefficient (Wildman–Crippen LogP) is 3.99. The molecule has 0 amide bonds. The molecule has 2 aromatic heterocycles. The molecule has 25 heavy (non-hydrogen) atoms. The Morgan fingerprint density at radius 1 is 1.24 bits per heavy atom. The number of carbonyl (C=O) groups excluding carboxylic acids is 1. The second-order valence-electron chi connectivity index (χ2n) is 7.06. The van der Waals surface area contributed by atoms with Crippen LogP contribution in [0.2, 0.25) is 0 Å². The Morgan fingerprint density at radius 2 is 1.96 bits per heavy atom. The van der Waals surface area contributed by atoms with Crippen molar-refractivity contribution in [2.45, 2.75) is 75.4 Å². The normalized spacial score (nSPS) is 24.4. The van der Waals surface area contributed by atoms with Crippen LogP contribution in [-0.4, -0.2) is 26.9 Å². The first-order chi connectivity index (χ1) is 12.0. The second-order valence-corrected chi connectivity index (χ2v) is 9.43. The van der Waals surface area contributed by atoms with E-state index in [1.807, 2.05) is 25.3 Å². The van der Waals surface area contributed by atoms with Gasteiger partial charge in [-0.25, -0.2) is 4.98 Å². The van der Waals surface area contributed by atoms with E-state index in [9.17, 15) is 9.59 Å². The van der Waals surface area contributed by atoms with Gasteiger partial charge >= 0.3 is 5.97 Å². The van der Waals surface area contributed by atoms with E-state index in [0.29, 0.717) is 11.6 Å². The van der Waals surface area contributed by atoms with E-state index in [2.05, 4.69) is 0 Å². The number of aryl methyl sites for hydroxylation is 2. The topological polar surface area (TPSA) is 61.2 Å². The first-order valence-electron chi connectivity index (χ1n) is 8.85. The minimum absolute atomic E-state index is 0.0562. The standard InChI is InChI=1S/C18H22N2O3S2/c1-9-8-13(17(22)23-9)25-18-19-15-14(10(2)11(3)24-15)16(21)20(18)12-6-4-5-7-12/h9,12-13H,4-8H2,1-3H3/t9-,13-/m1/s1. The molecular weight excluding hydrogens is 356 g/mol. The summed E-state index contributed by atoms with van der Waals surface area (Å²) in [5, 5.41) is 1.16. The summed E-state index contributed by atoms with van der Waals surface area (Å²) in [6.45, 7) is 5.94. The number of ether oxygens (including phenoxy) is 1. The van der Waals surface area contributed by atoms with Crippen LogP contribution in [0.5, 0.6) is 0 Å². The van der Waals surface area contributed by atoms with Crippen molar-refractivity contribution in [3.05, 3.63) is 20.8 Å². The highest BCUT2D eigenvalue weighted by Gasteiger charge is 2.35. The summed E-state index contributed by atoms with van der Waals surface area (Å²) in [6.07, 6.45) is 4.91. The Morgan fingerprint density at radius 3 is 2.60 bits per heavy atom. The van der Waals surface area contributed by atoms with Gasteiger partial charge < -0.3 is 4.74 Å². The van der Waals surface area contributed by atoms with Gasteiger partial charge in [-0.15, -0.1) is 11.3 Å². The van der Waals surface area contributed by atoms with Crippen molar-refractivity contribution in [2.24, 2.45) is 0 Å². The lowest BCUT2D eigenvalue weighted by Crippen LogP contribution is -2.27. The molecule has 0 radical (unpaired) electrons. The maximum atomic E-state index is 13.3. The molecule has 4 rings (SSSR count). The molecule has 1 saturated heterocycles. The third kappa shape index (κ3) is 2.91. The maximum absolute atomic E-state index is 13.3. The number of thiophene rings is 1. The first kappa shape index (κ1) is 17.1. The number of nitrogens with zero attached hydrogens (tertiary/aromatic N) is 2. The number of cyclic esters (lactones) is 1. The van der Waals surface area contributed by atoms with Crippen LogP contribution in [0, 0.1) is 13.8 Å². The summed E-state index contributed by atoms with van der Waals surface area (Å²) >= 11 is 2.97. The third-order valence-electron chi connectivity index (χ3n) is 5.27. The molecule has 2 aromatic rings. The van der Waals surface area contributed by atoms with Crippen molar-refractivity contribution in [1.29, 1.82) is 0 Å². The lowest BCUT2D eigenvalue weighted by molar-refractivity contribution is -0.140. The van der Waals surface area contributed by atoms with Gasteiger partial charge in [0.05, 0.1) is 5.39 Å². The summed E-state index contributed by atoms with van der Waals surface area (Å²) < 4.78 is 7.15. The van der Waals surface area contributed by atoms with Crippen molar-refractivity contribution in [1.82, 2.24) is 9.55 Å². The van der Waals surface area contributed by atoms with Gasteiger partial charge in [-0.05, 0) is 39.2 Å². The number of hydrogen-bond donors (Lipinski definition) is 0. The predicted molar refractivity (Wildman–Crippen MR) is 101 cm³/mol. The molecule has 1 aliphatic heterocycles. The molecule has 0 N–H and O–H groups in total. The monoisotopic (exact) mass is 378 g/mol. The van der Waals surface area contributed by atoms with Crippen LogP contribution in [0.15, 0.2) is 9.95 Å². The highest BCUT2D eigenvalue weighted by Crippen LogP contribution is 2.37. The minimum Gasteiger partial charge on any atom is -0.462 e. The van der Waals surface area contributed by atoms with Crippen LogP contribution in [0.1, 0.15) is 55.5 Å². The van der Waals surface area contributed by atoms with Gasteiger partial charge in [0.15, 0.2) is 5.16 Å². The number of carbonyl (C=O) groups is 1. The summed E-state index contributed by atoms with van der Waals surface area (Å²) in [5.41, 5.74) is 1.09. The van der Waals surface area contributed by atoms with Crippen molar-refractivity contribution in [3.63, 3.8) is 0 Å². The van der Waals surface area contributed by atoms with Crippen molar-refractivity contribution >= 4 is 39.3 Å². The van der Waals surface area contributed by atoms with E-state index < -0.39 is 0 Å². The van der Waals surface area contributed by atoms with Crippen LogP contribution < -0.4 is 5.56 Å². The van der Waals surface area contributed by atoms with Crippen molar-refractivity contribution in [2.75, 3.05) is 0 Å².